The van der Waals surface area contributed by atoms with Gasteiger partial charge >= 0.3 is 5.97 Å². The van der Waals surface area contributed by atoms with Crippen molar-refractivity contribution in [3.05, 3.63) is 65.2 Å². The maximum absolute atomic E-state index is 11.5. The molecule has 0 saturated heterocycles. The van der Waals surface area contributed by atoms with Crippen LogP contribution in [0.3, 0.4) is 0 Å². The van der Waals surface area contributed by atoms with Crippen LogP contribution in [0.5, 0.6) is 5.75 Å². The van der Waals surface area contributed by atoms with E-state index in [4.69, 9.17) is 15.2 Å². The van der Waals surface area contributed by atoms with Crippen molar-refractivity contribution in [3.8, 4) is 5.75 Å². The predicted octanol–water partition coefficient (Wildman–Crippen LogP) is 3.75. The summed E-state index contributed by atoms with van der Waals surface area (Å²) >= 11 is 0. The third-order valence-corrected chi connectivity index (χ3v) is 3.70. The standard InChI is InChI=1S/C19H23NO3.ClH/c1-3-17(20)12-14-7-9-18(10-8-14)23-13-15-5-4-6-16(11-15)19(21)22-2;/h4-11,17H,3,12-13,20H2,1-2H3;1H. The molecule has 2 N–H and O–H groups in total. The van der Waals surface area contributed by atoms with Gasteiger partial charge in [0.15, 0.2) is 0 Å². The minimum absolute atomic E-state index is 0. The van der Waals surface area contributed by atoms with Gasteiger partial charge in [0.2, 0.25) is 0 Å². The molecular weight excluding hydrogens is 326 g/mol. The number of benzene rings is 2. The van der Waals surface area contributed by atoms with Gasteiger partial charge in [-0.2, -0.15) is 0 Å². The van der Waals surface area contributed by atoms with Gasteiger partial charge in [-0.15, -0.1) is 12.4 Å². The van der Waals surface area contributed by atoms with E-state index in [2.05, 4.69) is 6.92 Å². The Labute approximate surface area is 149 Å². The summed E-state index contributed by atoms with van der Waals surface area (Å²) in [7, 11) is 1.37. The summed E-state index contributed by atoms with van der Waals surface area (Å²) in [6.45, 7) is 2.49. The van der Waals surface area contributed by atoms with Crippen LogP contribution in [0, 0.1) is 0 Å². The zero-order valence-corrected chi connectivity index (χ0v) is 14.8. The molecule has 0 aliphatic carbocycles. The lowest BCUT2D eigenvalue weighted by Gasteiger charge is -2.10. The predicted molar refractivity (Wildman–Crippen MR) is 97.8 cm³/mol. The van der Waals surface area contributed by atoms with Crippen molar-refractivity contribution in [1.82, 2.24) is 0 Å². The number of methoxy groups -OCH3 is 1. The van der Waals surface area contributed by atoms with E-state index in [1.165, 1.54) is 12.7 Å². The fourth-order valence-corrected chi connectivity index (χ4v) is 2.24. The lowest BCUT2D eigenvalue weighted by Crippen LogP contribution is -2.21. The quantitative estimate of drug-likeness (QED) is 0.773. The van der Waals surface area contributed by atoms with Crippen LogP contribution in [0.4, 0.5) is 0 Å². The molecule has 2 aromatic rings. The van der Waals surface area contributed by atoms with Gasteiger partial charge in [-0.05, 0) is 48.2 Å². The average Bonchev–Trinajstić information content (AvgIpc) is 2.60. The van der Waals surface area contributed by atoms with E-state index in [0.29, 0.717) is 12.2 Å². The number of halogens is 1. The Hall–Kier alpha value is -2.04. The van der Waals surface area contributed by atoms with Crippen LogP contribution < -0.4 is 10.5 Å². The Morgan fingerprint density at radius 1 is 1.12 bits per heavy atom. The number of hydrogen-bond donors (Lipinski definition) is 1. The first-order valence-electron chi connectivity index (χ1n) is 7.77. The summed E-state index contributed by atoms with van der Waals surface area (Å²) in [5.74, 6) is 0.450. The molecular formula is C19H24ClNO3. The van der Waals surface area contributed by atoms with E-state index >= 15 is 0 Å². The summed E-state index contributed by atoms with van der Waals surface area (Å²) in [5, 5.41) is 0. The molecule has 2 aromatic carbocycles. The molecule has 5 heteroatoms. The lowest BCUT2D eigenvalue weighted by molar-refractivity contribution is 0.0600. The molecule has 0 bridgehead atoms. The van der Waals surface area contributed by atoms with Gasteiger partial charge in [-0.1, -0.05) is 31.2 Å². The van der Waals surface area contributed by atoms with Crippen molar-refractivity contribution in [3.63, 3.8) is 0 Å². The monoisotopic (exact) mass is 349 g/mol. The van der Waals surface area contributed by atoms with Gasteiger partial charge in [-0.25, -0.2) is 4.79 Å². The lowest BCUT2D eigenvalue weighted by atomic mass is 10.0. The molecule has 0 spiro atoms. The van der Waals surface area contributed by atoms with Crippen LogP contribution in [-0.4, -0.2) is 19.1 Å². The second kappa shape index (κ2) is 9.96. The fraction of sp³-hybridized carbons (Fsp3) is 0.316. The molecule has 0 heterocycles. The molecule has 0 aromatic heterocycles. The zero-order valence-electron chi connectivity index (χ0n) is 14.0. The molecule has 0 radical (unpaired) electrons. The summed E-state index contributed by atoms with van der Waals surface area (Å²) in [5.41, 5.74) is 8.61. The summed E-state index contributed by atoms with van der Waals surface area (Å²) < 4.78 is 10.5. The Balaban J connectivity index is 0.00000288. The number of carbonyl (C=O) groups is 1. The summed E-state index contributed by atoms with van der Waals surface area (Å²) in [6.07, 6.45) is 1.84. The van der Waals surface area contributed by atoms with Crippen LogP contribution in [0.25, 0.3) is 0 Å². The summed E-state index contributed by atoms with van der Waals surface area (Å²) in [6, 6.07) is 15.4. The minimum atomic E-state index is -0.344. The van der Waals surface area contributed by atoms with Crippen molar-refractivity contribution < 1.29 is 14.3 Å². The van der Waals surface area contributed by atoms with E-state index in [9.17, 15) is 4.79 Å². The number of rotatable bonds is 7. The molecule has 0 aliphatic heterocycles. The van der Waals surface area contributed by atoms with Crippen LogP contribution >= 0.6 is 12.4 Å². The third-order valence-electron chi connectivity index (χ3n) is 3.70. The smallest absolute Gasteiger partial charge is 0.337 e. The Morgan fingerprint density at radius 2 is 1.83 bits per heavy atom. The number of nitrogens with two attached hydrogens (primary N) is 1. The third kappa shape index (κ3) is 5.87. The van der Waals surface area contributed by atoms with Crippen molar-refractivity contribution in [2.45, 2.75) is 32.4 Å². The van der Waals surface area contributed by atoms with E-state index in [1.807, 2.05) is 36.4 Å². The molecule has 24 heavy (non-hydrogen) atoms. The van der Waals surface area contributed by atoms with Gasteiger partial charge in [0, 0.05) is 6.04 Å². The molecule has 1 unspecified atom stereocenters. The Morgan fingerprint density at radius 3 is 2.46 bits per heavy atom. The normalized spacial score (nSPS) is 11.3. The van der Waals surface area contributed by atoms with E-state index in [1.54, 1.807) is 12.1 Å². The van der Waals surface area contributed by atoms with Gasteiger partial charge < -0.3 is 15.2 Å². The molecule has 4 nitrogen and oxygen atoms in total. The molecule has 2 rings (SSSR count). The van der Waals surface area contributed by atoms with Crippen LogP contribution in [-0.2, 0) is 17.8 Å². The first kappa shape index (κ1) is 20.0. The van der Waals surface area contributed by atoms with E-state index < -0.39 is 0 Å². The maximum atomic E-state index is 11.5. The highest BCUT2D eigenvalue weighted by molar-refractivity contribution is 5.89. The van der Waals surface area contributed by atoms with Gasteiger partial charge in [0.25, 0.3) is 0 Å². The SMILES string of the molecule is CCC(N)Cc1ccc(OCc2cccc(C(=O)OC)c2)cc1.Cl. The van der Waals surface area contributed by atoms with Crippen molar-refractivity contribution in [2.75, 3.05) is 7.11 Å². The molecule has 0 aliphatic rings. The highest BCUT2D eigenvalue weighted by Gasteiger charge is 2.06. The van der Waals surface area contributed by atoms with Crippen molar-refractivity contribution in [1.29, 1.82) is 0 Å². The average molecular weight is 350 g/mol. The van der Waals surface area contributed by atoms with E-state index in [-0.39, 0.29) is 24.4 Å². The Bertz CT molecular complexity index is 643. The highest BCUT2D eigenvalue weighted by atomic mass is 35.5. The molecule has 1 atom stereocenters. The number of esters is 1. The van der Waals surface area contributed by atoms with E-state index in [0.717, 1.165) is 24.2 Å². The first-order valence-corrected chi connectivity index (χ1v) is 7.77. The molecule has 0 amide bonds. The minimum Gasteiger partial charge on any atom is -0.489 e. The summed E-state index contributed by atoms with van der Waals surface area (Å²) in [4.78, 5) is 11.5. The van der Waals surface area contributed by atoms with Crippen molar-refractivity contribution in [2.24, 2.45) is 5.73 Å². The van der Waals surface area contributed by atoms with Crippen LogP contribution in [0.2, 0.25) is 0 Å². The van der Waals surface area contributed by atoms with Gasteiger partial charge in [-0.3, -0.25) is 0 Å². The molecule has 0 fully saturated rings. The largest absolute Gasteiger partial charge is 0.489 e. The van der Waals surface area contributed by atoms with Crippen LogP contribution in [0.15, 0.2) is 48.5 Å². The van der Waals surface area contributed by atoms with Gasteiger partial charge in [0.05, 0.1) is 12.7 Å². The maximum Gasteiger partial charge on any atom is 0.337 e. The number of hydrogen-bond acceptors (Lipinski definition) is 4. The molecule has 0 saturated carbocycles. The van der Waals surface area contributed by atoms with Crippen molar-refractivity contribution >= 4 is 18.4 Å². The topological polar surface area (TPSA) is 61.5 Å². The Kier molecular flexibility index (Phi) is 8.30. The number of ether oxygens (including phenoxy) is 2. The second-order valence-corrected chi connectivity index (χ2v) is 5.50. The second-order valence-electron chi connectivity index (χ2n) is 5.50. The zero-order chi connectivity index (χ0) is 16.7. The highest BCUT2D eigenvalue weighted by Crippen LogP contribution is 2.16. The fourth-order valence-electron chi connectivity index (χ4n) is 2.24. The van der Waals surface area contributed by atoms with Crippen LogP contribution in [0.1, 0.15) is 34.8 Å². The first-order chi connectivity index (χ1) is 11.1. The molecule has 130 valence electrons. The van der Waals surface area contributed by atoms with Gasteiger partial charge in [0.1, 0.15) is 12.4 Å². The number of carbonyl (C=O) groups excluding carboxylic acids is 1.